The monoisotopic (exact) mass is 302 g/mol. The molecule has 0 aliphatic heterocycles. The number of carbonyl (C=O) groups is 2. The van der Waals surface area contributed by atoms with Crippen LogP contribution < -0.4 is 5.32 Å². The van der Waals surface area contributed by atoms with Gasteiger partial charge in [0.15, 0.2) is 4.96 Å². The highest BCUT2D eigenvalue weighted by Crippen LogP contribution is 2.13. The Hall–Kier alpha value is -2.74. The van der Waals surface area contributed by atoms with Crippen LogP contribution in [0.15, 0.2) is 36.1 Å². The van der Waals surface area contributed by atoms with Gasteiger partial charge >= 0.3 is 5.97 Å². The number of imidazole rings is 1. The van der Waals surface area contributed by atoms with Crippen molar-refractivity contribution in [2.45, 2.75) is 6.42 Å². The number of rotatable bonds is 4. The van der Waals surface area contributed by atoms with Crippen molar-refractivity contribution in [1.29, 1.82) is 0 Å². The first-order valence-corrected chi connectivity index (χ1v) is 6.90. The van der Waals surface area contributed by atoms with E-state index in [4.69, 9.17) is 5.11 Å². The molecule has 0 fully saturated rings. The SMILES string of the molecule is O=C(Cc1cn2ccsc2n1)Nc1ccnc(C(=O)O)c1. The minimum atomic E-state index is -1.14. The summed E-state index contributed by atoms with van der Waals surface area (Å²) in [6, 6.07) is 2.85. The summed E-state index contributed by atoms with van der Waals surface area (Å²) < 4.78 is 1.85. The Morgan fingerprint density at radius 1 is 1.43 bits per heavy atom. The fourth-order valence-electron chi connectivity index (χ4n) is 1.86. The minimum absolute atomic E-state index is 0.115. The Morgan fingerprint density at radius 2 is 2.29 bits per heavy atom. The Balaban J connectivity index is 1.70. The predicted octanol–water partition coefficient (Wildman–Crippen LogP) is 1.67. The van der Waals surface area contributed by atoms with Gasteiger partial charge in [0.05, 0.1) is 12.1 Å². The van der Waals surface area contributed by atoms with E-state index in [1.165, 1.54) is 29.7 Å². The van der Waals surface area contributed by atoms with Gasteiger partial charge in [0, 0.05) is 29.7 Å². The van der Waals surface area contributed by atoms with Crippen LogP contribution >= 0.6 is 11.3 Å². The summed E-state index contributed by atoms with van der Waals surface area (Å²) >= 11 is 1.49. The highest BCUT2D eigenvalue weighted by molar-refractivity contribution is 7.15. The molecule has 0 aliphatic carbocycles. The van der Waals surface area contributed by atoms with Crippen LogP contribution in [0.3, 0.4) is 0 Å². The van der Waals surface area contributed by atoms with E-state index in [0.29, 0.717) is 11.4 Å². The van der Waals surface area contributed by atoms with E-state index in [0.717, 1.165) is 4.96 Å². The third-order valence-corrected chi connectivity index (χ3v) is 3.52. The molecular formula is C13H10N4O3S. The Labute approximate surface area is 122 Å². The van der Waals surface area contributed by atoms with Gasteiger partial charge in [-0.2, -0.15) is 0 Å². The second kappa shape index (κ2) is 5.33. The average Bonchev–Trinajstić information content (AvgIpc) is 2.99. The van der Waals surface area contributed by atoms with Crippen molar-refractivity contribution in [3.8, 4) is 0 Å². The van der Waals surface area contributed by atoms with E-state index < -0.39 is 5.97 Å². The number of pyridine rings is 1. The maximum atomic E-state index is 11.9. The number of anilines is 1. The number of nitrogens with one attached hydrogen (secondary N) is 1. The molecule has 21 heavy (non-hydrogen) atoms. The van der Waals surface area contributed by atoms with Gasteiger partial charge < -0.3 is 10.4 Å². The molecule has 0 aliphatic rings. The molecule has 3 heterocycles. The van der Waals surface area contributed by atoms with Crippen molar-refractivity contribution < 1.29 is 14.7 Å². The molecule has 0 radical (unpaired) electrons. The number of aromatic carboxylic acids is 1. The lowest BCUT2D eigenvalue weighted by Gasteiger charge is -2.04. The molecule has 0 saturated heterocycles. The first-order chi connectivity index (χ1) is 10.1. The van der Waals surface area contributed by atoms with Crippen LogP contribution in [-0.4, -0.2) is 31.4 Å². The lowest BCUT2D eigenvalue weighted by molar-refractivity contribution is -0.115. The van der Waals surface area contributed by atoms with Crippen LogP contribution in [0, 0.1) is 0 Å². The number of hydrogen-bond acceptors (Lipinski definition) is 5. The molecule has 106 valence electrons. The molecule has 2 N–H and O–H groups in total. The van der Waals surface area contributed by atoms with Gasteiger partial charge in [-0.1, -0.05) is 0 Å². The highest BCUT2D eigenvalue weighted by Gasteiger charge is 2.10. The molecule has 0 saturated carbocycles. The van der Waals surface area contributed by atoms with Gasteiger partial charge in [-0.05, 0) is 12.1 Å². The minimum Gasteiger partial charge on any atom is -0.477 e. The standard InChI is InChI=1S/C13H10N4O3S/c18-11(6-9-7-17-3-4-21-13(17)16-9)15-8-1-2-14-10(5-8)12(19)20/h1-5,7H,6H2,(H,19,20)(H,14,15,18). The zero-order valence-electron chi connectivity index (χ0n) is 10.7. The number of fused-ring (bicyclic) bond motifs is 1. The molecular weight excluding hydrogens is 292 g/mol. The molecule has 3 aromatic heterocycles. The van der Waals surface area contributed by atoms with Crippen LogP contribution in [0.25, 0.3) is 4.96 Å². The third kappa shape index (κ3) is 2.90. The molecule has 0 spiro atoms. The lowest BCUT2D eigenvalue weighted by Crippen LogP contribution is -2.15. The van der Waals surface area contributed by atoms with E-state index in [2.05, 4.69) is 15.3 Å². The van der Waals surface area contributed by atoms with E-state index in [1.54, 1.807) is 6.20 Å². The Kier molecular flexibility index (Phi) is 3.36. The third-order valence-electron chi connectivity index (χ3n) is 2.75. The second-order valence-electron chi connectivity index (χ2n) is 4.28. The maximum absolute atomic E-state index is 11.9. The van der Waals surface area contributed by atoms with Gasteiger partial charge in [-0.3, -0.25) is 9.20 Å². The van der Waals surface area contributed by atoms with E-state index in [9.17, 15) is 9.59 Å². The number of thiazole rings is 1. The van der Waals surface area contributed by atoms with Gasteiger partial charge in [0.2, 0.25) is 5.91 Å². The normalized spacial score (nSPS) is 10.7. The molecule has 1 amide bonds. The molecule has 3 rings (SSSR count). The molecule has 0 atom stereocenters. The Morgan fingerprint density at radius 3 is 3.05 bits per heavy atom. The summed E-state index contributed by atoms with van der Waals surface area (Å²) in [5.74, 6) is -1.40. The number of carboxylic acids is 1. The molecule has 0 aromatic carbocycles. The molecule has 0 bridgehead atoms. The van der Waals surface area contributed by atoms with Gasteiger partial charge in [-0.25, -0.2) is 14.8 Å². The summed E-state index contributed by atoms with van der Waals surface area (Å²) in [4.78, 5) is 31.6. The van der Waals surface area contributed by atoms with Crippen molar-refractivity contribution in [3.63, 3.8) is 0 Å². The van der Waals surface area contributed by atoms with Gasteiger partial charge in [0.1, 0.15) is 5.69 Å². The fraction of sp³-hybridized carbons (Fsp3) is 0.0769. The quantitative estimate of drug-likeness (QED) is 0.764. The molecule has 3 aromatic rings. The largest absolute Gasteiger partial charge is 0.477 e. The van der Waals surface area contributed by atoms with Gasteiger partial charge in [-0.15, -0.1) is 11.3 Å². The number of amides is 1. The summed E-state index contributed by atoms with van der Waals surface area (Å²) in [6.07, 6.45) is 5.13. The van der Waals surface area contributed by atoms with Crippen molar-refractivity contribution in [3.05, 3.63) is 47.5 Å². The van der Waals surface area contributed by atoms with E-state index in [1.807, 2.05) is 16.0 Å². The van der Waals surface area contributed by atoms with Crippen LogP contribution in [0.2, 0.25) is 0 Å². The second-order valence-corrected chi connectivity index (χ2v) is 5.16. The summed E-state index contributed by atoms with van der Waals surface area (Å²) in [6.45, 7) is 0. The molecule has 0 unspecified atom stereocenters. The van der Waals surface area contributed by atoms with Crippen LogP contribution in [0.4, 0.5) is 5.69 Å². The van der Waals surface area contributed by atoms with Crippen molar-refractivity contribution in [1.82, 2.24) is 14.4 Å². The smallest absolute Gasteiger partial charge is 0.354 e. The van der Waals surface area contributed by atoms with Crippen LogP contribution in [0.1, 0.15) is 16.2 Å². The maximum Gasteiger partial charge on any atom is 0.354 e. The summed E-state index contributed by atoms with van der Waals surface area (Å²) in [5.41, 5.74) is 0.940. The van der Waals surface area contributed by atoms with Crippen LogP contribution in [0.5, 0.6) is 0 Å². The number of nitrogens with zero attached hydrogens (tertiary/aromatic N) is 3. The highest BCUT2D eigenvalue weighted by atomic mass is 32.1. The molecule has 8 heteroatoms. The first-order valence-electron chi connectivity index (χ1n) is 6.02. The number of aromatic nitrogens is 3. The summed E-state index contributed by atoms with van der Waals surface area (Å²) in [5, 5.41) is 13.4. The number of hydrogen-bond donors (Lipinski definition) is 2. The number of carboxylic acid groups (broad SMARTS) is 1. The zero-order chi connectivity index (χ0) is 14.8. The van der Waals surface area contributed by atoms with Crippen molar-refractivity contribution in [2.24, 2.45) is 0 Å². The Bertz CT molecular complexity index is 795. The van der Waals surface area contributed by atoms with E-state index >= 15 is 0 Å². The van der Waals surface area contributed by atoms with E-state index in [-0.39, 0.29) is 18.0 Å². The number of carbonyl (C=O) groups excluding carboxylic acids is 1. The summed E-state index contributed by atoms with van der Waals surface area (Å²) in [7, 11) is 0. The first kappa shape index (κ1) is 13.3. The lowest BCUT2D eigenvalue weighted by atomic mass is 10.3. The molecule has 7 nitrogen and oxygen atoms in total. The predicted molar refractivity (Wildman–Crippen MR) is 76.6 cm³/mol. The fourth-order valence-corrected chi connectivity index (χ4v) is 2.58. The topological polar surface area (TPSA) is 96.6 Å². The average molecular weight is 302 g/mol. The van der Waals surface area contributed by atoms with Crippen LogP contribution in [-0.2, 0) is 11.2 Å². The van der Waals surface area contributed by atoms with Crippen molar-refractivity contribution in [2.75, 3.05) is 5.32 Å². The zero-order valence-corrected chi connectivity index (χ0v) is 11.5. The van der Waals surface area contributed by atoms with Crippen molar-refractivity contribution >= 4 is 33.9 Å². The van der Waals surface area contributed by atoms with Gasteiger partial charge in [0.25, 0.3) is 0 Å².